The van der Waals surface area contributed by atoms with Crippen molar-refractivity contribution in [3.8, 4) is 0 Å². The third-order valence-corrected chi connectivity index (χ3v) is 3.85. The highest BCUT2D eigenvalue weighted by molar-refractivity contribution is 7.18. The van der Waals surface area contributed by atoms with Crippen molar-refractivity contribution < 1.29 is 0 Å². The van der Waals surface area contributed by atoms with Gasteiger partial charge in [-0.25, -0.2) is 4.79 Å². The van der Waals surface area contributed by atoms with E-state index in [1.165, 1.54) is 15.9 Å². The second kappa shape index (κ2) is 4.85. The van der Waals surface area contributed by atoms with Crippen LogP contribution in [0.5, 0.6) is 0 Å². The van der Waals surface area contributed by atoms with Crippen LogP contribution >= 0.6 is 11.3 Å². The minimum atomic E-state index is -0.347. The number of nitrogens with zero attached hydrogens (tertiary/aromatic N) is 1. The summed E-state index contributed by atoms with van der Waals surface area (Å²) in [5, 5.41) is 0.600. The van der Waals surface area contributed by atoms with Gasteiger partial charge in [-0.3, -0.25) is 14.3 Å². The number of nitrogens with two attached hydrogens (primary N) is 1. The standard InChI is InChI=1S/C11H15N3O2S/c1-2-7-6-8-9(17-7)13-11(16)14(10(8)15)5-3-4-12/h6H,2-5,12H2,1H3,(H,13,16). The molecule has 0 fully saturated rings. The van der Waals surface area contributed by atoms with Crippen molar-refractivity contribution in [2.24, 2.45) is 5.73 Å². The van der Waals surface area contributed by atoms with Gasteiger partial charge in [0.05, 0.1) is 5.39 Å². The molecule has 0 unspecified atom stereocenters. The van der Waals surface area contributed by atoms with E-state index in [0.717, 1.165) is 11.3 Å². The molecule has 5 nitrogen and oxygen atoms in total. The lowest BCUT2D eigenvalue weighted by Crippen LogP contribution is -2.35. The van der Waals surface area contributed by atoms with Crippen molar-refractivity contribution in [3.05, 3.63) is 31.8 Å². The Kier molecular flexibility index (Phi) is 3.44. The fraction of sp³-hybridized carbons (Fsp3) is 0.455. The Morgan fingerprint density at radius 1 is 1.47 bits per heavy atom. The number of aryl methyl sites for hydroxylation is 1. The minimum absolute atomic E-state index is 0.215. The zero-order valence-electron chi connectivity index (χ0n) is 9.66. The van der Waals surface area contributed by atoms with Gasteiger partial charge in [-0.1, -0.05) is 6.92 Å². The van der Waals surface area contributed by atoms with Crippen molar-refractivity contribution in [1.29, 1.82) is 0 Å². The molecular formula is C11H15N3O2S. The summed E-state index contributed by atoms with van der Waals surface area (Å²) in [4.78, 5) is 28.3. The summed E-state index contributed by atoms with van der Waals surface area (Å²) < 4.78 is 1.22. The maximum Gasteiger partial charge on any atom is 0.329 e. The first kappa shape index (κ1) is 12.1. The molecule has 2 aromatic heterocycles. The van der Waals surface area contributed by atoms with E-state index in [0.29, 0.717) is 29.7 Å². The van der Waals surface area contributed by atoms with Crippen LogP contribution in [0.15, 0.2) is 15.7 Å². The molecule has 0 amide bonds. The highest BCUT2D eigenvalue weighted by atomic mass is 32.1. The van der Waals surface area contributed by atoms with Gasteiger partial charge in [0.25, 0.3) is 5.56 Å². The first-order chi connectivity index (χ1) is 8.17. The Bertz CT molecular complexity index is 638. The van der Waals surface area contributed by atoms with Gasteiger partial charge >= 0.3 is 5.69 Å². The van der Waals surface area contributed by atoms with Crippen LogP contribution in [0.25, 0.3) is 10.2 Å². The van der Waals surface area contributed by atoms with Gasteiger partial charge in [0.15, 0.2) is 0 Å². The molecule has 2 rings (SSSR count). The van der Waals surface area contributed by atoms with E-state index in [-0.39, 0.29) is 11.2 Å². The van der Waals surface area contributed by atoms with E-state index >= 15 is 0 Å². The summed E-state index contributed by atoms with van der Waals surface area (Å²) in [6.07, 6.45) is 1.49. The largest absolute Gasteiger partial charge is 0.330 e. The molecule has 6 heteroatoms. The molecule has 0 aliphatic carbocycles. The van der Waals surface area contributed by atoms with Crippen LogP contribution in [0.3, 0.4) is 0 Å². The predicted molar refractivity (Wildman–Crippen MR) is 69.8 cm³/mol. The van der Waals surface area contributed by atoms with Crippen LogP contribution in [0.1, 0.15) is 18.2 Å². The van der Waals surface area contributed by atoms with Gasteiger partial charge in [-0.05, 0) is 25.5 Å². The summed E-state index contributed by atoms with van der Waals surface area (Å²) in [7, 11) is 0. The van der Waals surface area contributed by atoms with Gasteiger partial charge in [-0.15, -0.1) is 11.3 Å². The molecule has 3 N–H and O–H groups in total. The monoisotopic (exact) mass is 253 g/mol. The number of nitrogens with one attached hydrogen (secondary N) is 1. The molecular weight excluding hydrogens is 238 g/mol. The summed E-state index contributed by atoms with van der Waals surface area (Å²) >= 11 is 1.46. The predicted octanol–water partition coefficient (Wildman–Crippen LogP) is 0.662. The van der Waals surface area contributed by atoms with Crippen LogP contribution in [-0.4, -0.2) is 16.1 Å². The minimum Gasteiger partial charge on any atom is -0.330 e. The molecule has 0 aliphatic heterocycles. The number of hydrogen-bond donors (Lipinski definition) is 2. The maximum absolute atomic E-state index is 12.1. The smallest absolute Gasteiger partial charge is 0.329 e. The number of fused-ring (bicyclic) bond motifs is 1. The molecule has 0 atom stereocenters. The molecule has 0 aliphatic rings. The number of hydrogen-bond acceptors (Lipinski definition) is 4. The van der Waals surface area contributed by atoms with Crippen LogP contribution in [0.2, 0.25) is 0 Å². The van der Waals surface area contributed by atoms with Gasteiger partial charge in [0.1, 0.15) is 4.83 Å². The first-order valence-electron chi connectivity index (χ1n) is 5.63. The second-order valence-electron chi connectivity index (χ2n) is 3.84. The van der Waals surface area contributed by atoms with Gasteiger partial charge < -0.3 is 5.73 Å². The SMILES string of the molecule is CCc1cc2c(=O)n(CCCN)c(=O)[nH]c2s1. The van der Waals surface area contributed by atoms with Gasteiger partial charge in [-0.2, -0.15) is 0 Å². The van der Waals surface area contributed by atoms with Crippen molar-refractivity contribution in [2.75, 3.05) is 6.54 Å². The normalized spacial score (nSPS) is 11.2. The van der Waals surface area contributed by atoms with Crippen LogP contribution in [0.4, 0.5) is 0 Å². The zero-order valence-corrected chi connectivity index (χ0v) is 10.5. The highest BCUT2D eigenvalue weighted by Gasteiger charge is 2.10. The zero-order chi connectivity index (χ0) is 12.4. The average molecular weight is 253 g/mol. The Balaban J connectivity index is 2.62. The fourth-order valence-corrected chi connectivity index (χ4v) is 2.70. The van der Waals surface area contributed by atoms with E-state index < -0.39 is 0 Å². The maximum atomic E-state index is 12.1. The lowest BCUT2D eigenvalue weighted by atomic mass is 10.3. The molecule has 0 aromatic carbocycles. The highest BCUT2D eigenvalue weighted by Crippen LogP contribution is 2.20. The molecule has 2 aromatic rings. The van der Waals surface area contributed by atoms with Crippen molar-refractivity contribution in [2.45, 2.75) is 26.3 Å². The molecule has 0 saturated carbocycles. The summed E-state index contributed by atoms with van der Waals surface area (Å²) in [6.45, 7) is 2.86. The van der Waals surface area contributed by atoms with Crippen molar-refractivity contribution in [3.63, 3.8) is 0 Å². The van der Waals surface area contributed by atoms with Gasteiger partial charge in [0.2, 0.25) is 0 Å². The molecule has 92 valence electrons. The topological polar surface area (TPSA) is 80.9 Å². The number of aromatic amines is 1. The summed E-state index contributed by atoms with van der Waals surface area (Å²) in [5.74, 6) is 0. The Labute approximate surface area is 102 Å². The molecule has 0 saturated heterocycles. The Morgan fingerprint density at radius 3 is 2.88 bits per heavy atom. The Morgan fingerprint density at radius 2 is 2.24 bits per heavy atom. The third kappa shape index (κ3) is 2.18. The second-order valence-corrected chi connectivity index (χ2v) is 4.97. The number of H-pyrrole nitrogens is 1. The molecule has 0 bridgehead atoms. The van der Waals surface area contributed by atoms with E-state index in [1.54, 1.807) is 0 Å². The van der Waals surface area contributed by atoms with E-state index in [2.05, 4.69) is 4.98 Å². The fourth-order valence-electron chi connectivity index (χ4n) is 1.72. The molecule has 0 spiro atoms. The number of rotatable bonds is 4. The molecule has 0 radical (unpaired) electrons. The average Bonchev–Trinajstić information content (AvgIpc) is 2.72. The lowest BCUT2D eigenvalue weighted by molar-refractivity contribution is 0.604. The molecule has 2 heterocycles. The van der Waals surface area contributed by atoms with E-state index in [4.69, 9.17) is 5.73 Å². The van der Waals surface area contributed by atoms with Crippen LogP contribution < -0.4 is 17.0 Å². The third-order valence-electron chi connectivity index (χ3n) is 2.66. The van der Waals surface area contributed by atoms with Crippen molar-refractivity contribution >= 4 is 21.6 Å². The number of aromatic nitrogens is 2. The van der Waals surface area contributed by atoms with E-state index in [1.807, 2.05) is 13.0 Å². The Hall–Kier alpha value is -1.40. The van der Waals surface area contributed by atoms with Crippen LogP contribution in [-0.2, 0) is 13.0 Å². The van der Waals surface area contributed by atoms with E-state index in [9.17, 15) is 9.59 Å². The summed E-state index contributed by atoms with van der Waals surface area (Å²) in [5.41, 5.74) is 4.83. The quantitative estimate of drug-likeness (QED) is 0.840. The number of thiophene rings is 1. The molecule has 17 heavy (non-hydrogen) atoms. The van der Waals surface area contributed by atoms with Gasteiger partial charge in [0, 0.05) is 11.4 Å². The lowest BCUT2D eigenvalue weighted by Gasteiger charge is -2.02. The van der Waals surface area contributed by atoms with Crippen molar-refractivity contribution in [1.82, 2.24) is 9.55 Å². The summed E-state index contributed by atoms with van der Waals surface area (Å²) in [6, 6.07) is 1.86. The first-order valence-corrected chi connectivity index (χ1v) is 6.44. The van der Waals surface area contributed by atoms with Crippen LogP contribution in [0, 0.1) is 0 Å².